The number of rotatable bonds is 6. The first-order valence-corrected chi connectivity index (χ1v) is 8.22. The molecule has 1 heterocycles. The second-order valence-corrected chi connectivity index (χ2v) is 5.85. The highest BCUT2D eigenvalue weighted by Crippen LogP contribution is 2.34. The average Bonchev–Trinajstić information content (AvgIpc) is 2.66. The summed E-state index contributed by atoms with van der Waals surface area (Å²) in [5, 5.41) is 5.00. The molecule has 140 valence electrons. The molecule has 0 aliphatic rings. The van der Waals surface area contributed by atoms with E-state index in [9.17, 15) is 13.2 Å². The highest BCUT2D eigenvalue weighted by Gasteiger charge is 2.31. The molecule has 0 amide bonds. The minimum atomic E-state index is -4.45. The van der Waals surface area contributed by atoms with Gasteiger partial charge in [-0.15, -0.1) is 6.58 Å². The lowest BCUT2D eigenvalue weighted by atomic mass is 10.1. The third-order valence-corrected chi connectivity index (χ3v) is 3.97. The number of benzene rings is 2. The van der Waals surface area contributed by atoms with Crippen LogP contribution in [0.15, 0.2) is 61.4 Å². The molecule has 0 aliphatic heterocycles. The number of nitrogens with zero attached hydrogens (tertiary/aromatic N) is 3. The minimum Gasteiger partial charge on any atom is -0.385 e. The maximum Gasteiger partial charge on any atom is 0.416 e. The van der Waals surface area contributed by atoms with Crippen LogP contribution in [0.3, 0.4) is 0 Å². The lowest BCUT2D eigenvalue weighted by molar-refractivity contribution is -0.137. The van der Waals surface area contributed by atoms with E-state index in [1.165, 1.54) is 18.5 Å². The molecule has 0 aliphatic carbocycles. The molecule has 0 atom stereocenters. The molecule has 3 aromatic rings. The van der Waals surface area contributed by atoms with E-state index in [0.29, 0.717) is 23.3 Å². The van der Waals surface area contributed by atoms with Crippen LogP contribution >= 0.6 is 0 Å². The van der Waals surface area contributed by atoms with E-state index >= 15 is 0 Å². The van der Waals surface area contributed by atoms with E-state index in [1.807, 2.05) is 12.1 Å². The predicted molar refractivity (Wildman–Crippen MR) is 101 cm³/mol. The fourth-order valence-electron chi connectivity index (χ4n) is 2.62. The molecule has 3 N–H and O–H groups in total. The van der Waals surface area contributed by atoms with Crippen LogP contribution in [-0.2, 0) is 6.18 Å². The third kappa shape index (κ3) is 4.17. The van der Waals surface area contributed by atoms with Gasteiger partial charge in [0.2, 0.25) is 0 Å². The zero-order valence-corrected chi connectivity index (χ0v) is 14.4. The summed E-state index contributed by atoms with van der Waals surface area (Å²) in [5.74, 6) is 6.42. The van der Waals surface area contributed by atoms with E-state index in [2.05, 4.69) is 21.9 Å². The van der Waals surface area contributed by atoms with Crippen molar-refractivity contribution in [3.63, 3.8) is 0 Å². The van der Waals surface area contributed by atoms with Crippen molar-refractivity contribution >= 4 is 28.1 Å². The highest BCUT2D eigenvalue weighted by atomic mass is 19.4. The van der Waals surface area contributed by atoms with Gasteiger partial charge in [0, 0.05) is 17.6 Å². The molecule has 2 aromatic carbocycles. The van der Waals surface area contributed by atoms with Gasteiger partial charge in [0.1, 0.15) is 6.33 Å². The summed E-state index contributed by atoms with van der Waals surface area (Å²) in [7, 11) is 0. The Morgan fingerprint density at radius 3 is 2.70 bits per heavy atom. The van der Waals surface area contributed by atoms with Crippen LogP contribution in [0.5, 0.6) is 0 Å². The van der Waals surface area contributed by atoms with Crippen molar-refractivity contribution in [2.45, 2.75) is 12.6 Å². The normalized spacial score (nSPS) is 11.4. The molecule has 5 nitrogen and oxygen atoms in total. The van der Waals surface area contributed by atoms with Gasteiger partial charge in [-0.25, -0.2) is 15.8 Å². The first-order valence-electron chi connectivity index (χ1n) is 8.22. The molecule has 27 heavy (non-hydrogen) atoms. The van der Waals surface area contributed by atoms with Crippen LogP contribution < -0.4 is 16.2 Å². The molecule has 8 heteroatoms. The van der Waals surface area contributed by atoms with Crippen molar-refractivity contribution < 1.29 is 13.2 Å². The number of hydrogen-bond acceptors (Lipinski definition) is 5. The van der Waals surface area contributed by atoms with Crippen molar-refractivity contribution in [3.05, 3.63) is 67.0 Å². The monoisotopic (exact) mass is 373 g/mol. The molecule has 0 radical (unpaired) electrons. The summed E-state index contributed by atoms with van der Waals surface area (Å²) in [6.07, 6.45) is -0.524. The van der Waals surface area contributed by atoms with Crippen molar-refractivity contribution in [1.82, 2.24) is 9.97 Å². The maximum absolute atomic E-state index is 13.0. The summed E-state index contributed by atoms with van der Waals surface area (Å²) in [6.45, 7) is 4.38. The number of fused-ring (bicyclic) bond motifs is 1. The van der Waals surface area contributed by atoms with Gasteiger partial charge < -0.3 is 5.32 Å². The Kier molecular flexibility index (Phi) is 5.27. The van der Waals surface area contributed by atoms with Gasteiger partial charge in [-0.1, -0.05) is 12.1 Å². The highest BCUT2D eigenvalue weighted by molar-refractivity contribution is 5.93. The number of aromatic nitrogens is 2. The van der Waals surface area contributed by atoms with Crippen LogP contribution in [0, 0.1) is 0 Å². The number of hydrogen-bond donors (Lipinski definition) is 2. The van der Waals surface area contributed by atoms with Gasteiger partial charge in [-0.3, -0.25) is 5.01 Å². The van der Waals surface area contributed by atoms with Crippen molar-refractivity contribution in [3.8, 4) is 0 Å². The number of nitrogens with one attached hydrogen (secondary N) is 1. The van der Waals surface area contributed by atoms with Gasteiger partial charge in [0.25, 0.3) is 0 Å². The van der Waals surface area contributed by atoms with Crippen LogP contribution in [0.2, 0.25) is 0 Å². The zero-order valence-electron chi connectivity index (χ0n) is 14.4. The summed E-state index contributed by atoms with van der Waals surface area (Å²) in [4.78, 5) is 8.37. The van der Waals surface area contributed by atoms with Gasteiger partial charge in [0.05, 0.1) is 16.8 Å². The topological polar surface area (TPSA) is 67.1 Å². The van der Waals surface area contributed by atoms with Gasteiger partial charge >= 0.3 is 6.18 Å². The van der Waals surface area contributed by atoms with Gasteiger partial charge in [-0.05, 0) is 42.8 Å². The Morgan fingerprint density at radius 2 is 1.96 bits per heavy atom. The Hall–Kier alpha value is -3.13. The molecule has 3 rings (SSSR count). The lowest BCUT2D eigenvalue weighted by Gasteiger charge is -2.20. The second kappa shape index (κ2) is 7.63. The third-order valence-electron chi connectivity index (χ3n) is 3.97. The van der Waals surface area contributed by atoms with Crippen molar-refractivity contribution in [2.75, 3.05) is 16.9 Å². The molecule has 1 aromatic heterocycles. The van der Waals surface area contributed by atoms with Crippen molar-refractivity contribution in [2.24, 2.45) is 5.84 Å². The summed E-state index contributed by atoms with van der Waals surface area (Å²) in [5.41, 5.74) is 0.866. The largest absolute Gasteiger partial charge is 0.416 e. The first-order chi connectivity index (χ1) is 12.9. The average molecular weight is 373 g/mol. The van der Waals surface area contributed by atoms with Crippen LogP contribution in [0.1, 0.15) is 12.0 Å². The number of nitrogens with two attached hydrogens (primary N) is 1. The lowest BCUT2D eigenvalue weighted by Crippen LogP contribution is -2.26. The Labute approximate surface area is 154 Å². The fraction of sp³-hybridized carbons (Fsp3) is 0.158. The smallest absolute Gasteiger partial charge is 0.385 e. The fourth-order valence-corrected chi connectivity index (χ4v) is 2.62. The van der Waals surface area contributed by atoms with Crippen LogP contribution in [0.4, 0.5) is 30.4 Å². The van der Waals surface area contributed by atoms with Crippen LogP contribution in [-0.4, -0.2) is 16.5 Å². The molecule has 0 unspecified atom stereocenters. The second-order valence-electron chi connectivity index (χ2n) is 5.85. The SMILES string of the molecule is C=CCCNc1ccc2ncnc(N(N)c3cccc(C(F)(F)F)c3)c2c1. The summed E-state index contributed by atoms with van der Waals surface area (Å²) < 4.78 is 39.0. The number of anilines is 3. The minimum absolute atomic E-state index is 0.176. The van der Waals surface area contributed by atoms with Gasteiger partial charge in [0.15, 0.2) is 5.82 Å². The molecule has 0 bridgehead atoms. The molecule has 0 saturated carbocycles. The van der Waals surface area contributed by atoms with E-state index in [4.69, 9.17) is 5.84 Å². The molecular weight excluding hydrogens is 355 g/mol. The molecular formula is C19H18F3N5. The Balaban J connectivity index is 2.00. The van der Waals surface area contributed by atoms with Crippen molar-refractivity contribution in [1.29, 1.82) is 0 Å². The maximum atomic E-state index is 13.0. The standard InChI is InChI=1S/C19H18F3N5/c1-2-3-9-24-14-7-8-17-16(11-14)18(26-12-25-17)27(23)15-6-4-5-13(10-15)19(20,21)22/h2,4-8,10-12,24H,1,3,9,23H2. The first kappa shape index (κ1) is 18.7. The quantitative estimate of drug-likeness (QED) is 0.285. The molecule has 0 fully saturated rings. The summed E-state index contributed by atoms with van der Waals surface area (Å²) in [6, 6.07) is 10.3. The number of alkyl halides is 3. The van der Waals surface area contributed by atoms with E-state index in [0.717, 1.165) is 29.2 Å². The number of hydrazine groups is 1. The van der Waals surface area contributed by atoms with E-state index in [-0.39, 0.29) is 5.69 Å². The van der Waals surface area contributed by atoms with Gasteiger partial charge in [-0.2, -0.15) is 13.2 Å². The Bertz CT molecular complexity index is 955. The number of halogens is 3. The van der Waals surface area contributed by atoms with E-state index in [1.54, 1.807) is 12.1 Å². The molecule has 0 spiro atoms. The Morgan fingerprint density at radius 1 is 1.15 bits per heavy atom. The van der Waals surface area contributed by atoms with E-state index < -0.39 is 11.7 Å². The van der Waals surface area contributed by atoms with Crippen LogP contribution in [0.25, 0.3) is 10.9 Å². The molecule has 0 saturated heterocycles. The zero-order chi connectivity index (χ0) is 19.4. The predicted octanol–water partition coefficient (Wildman–Crippen LogP) is 4.65. The summed E-state index contributed by atoms with van der Waals surface area (Å²) >= 11 is 0.